The maximum absolute atomic E-state index is 11.0. The predicted octanol–water partition coefficient (Wildman–Crippen LogP) is 10.5. The number of aromatic hydroxyl groups is 1. The second-order valence-corrected chi connectivity index (χ2v) is 11.9. The van der Waals surface area contributed by atoms with Crippen LogP contribution in [0.4, 0.5) is 0 Å². The van der Waals surface area contributed by atoms with Crippen LogP contribution in [0.2, 0.25) is 0 Å². The maximum Gasteiger partial charge on any atom is 0.320 e. The van der Waals surface area contributed by atoms with Crippen LogP contribution in [0.5, 0.6) is 17.5 Å². The Balaban J connectivity index is 1.18. The standard InChI is InChI=1S/C39H43N3O3/c1-3-5-6-7-8-9-10-11-12-13-25-45-30-21-24-33(34(43)26-30)38-40-37(41-39(42-38)44-4-2)32-23-20-29-18-17-27-15-14-16-28-19-22-31(32)36(29)35(27)28/h14-24,26,43H,3-13,25H2,1-2H3. The lowest BCUT2D eigenvalue weighted by molar-refractivity contribution is 0.302. The van der Waals surface area contributed by atoms with Crippen molar-refractivity contribution < 1.29 is 14.6 Å². The zero-order valence-electron chi connectivity index (χ0n) is 26.5. The summed E-state index contributed by atoms with van der Waals surface area (Å²) in [7, 11) is 0. The summed E-state index contributed by atoms with van der Waals surface area (Å²) < 4.78 is 11.7. The number of rotatable bonds is 16. The Morgan fingerprint density at radius 1 is 0.578 bits per heavy atom. The highest BCUT2D eigenvalue weighted by Gasteiger charge is 2.18. The Labute approximate surface area is 265 Å². The molecule has 5 aromatic carbocycles. The van der Waals surface area contributed by atoms with Gasteiger partial charge in [-0.25, -0.2) is 4.98 Å². The molecule has 45 heavy (non-hydrogen) atoms. The smallest absolute Gasteiger partial charge is 0.320 e. The second kappa shape index (κ2) is 14.6. The number of hydrogen-bond donors (Lipinski definition) is 1. The van der Waals surface area contributed by atoms with Crippen molar-refractivity contribution in [2.75, 3.05) is 13.2 Å². The van der Waals surface area contributed by atoms with Gasteiger partial charge in [-0.3, -0.25) is 0 Å². The highest BCUT2D eigenvalue weighted by molar-refractivity contribution is 6.25. The van der Waals surface area contributed by atoms with Crippen LogP contribution in [0, 0.1) is 0 Å². The van der Waals surface area contributed by atoms with Gasteiger partial charge in [0.15, 0.2) is 11.6 Å². The van der Waals surface area contributed by atoms with Gasteiger partial charge >= 0.3 is 6.01 Å². The highest BCUT2D eigenvalue weighted by atomic mass is 16.5. The van der Waals surface area contributed by atoms with Gasteiger partial charge in [-0.05, 0) is 63.9 Å². The van der Waals surface area contributed by atoms with Gasteiger partial charge in [0.05, 0.1) is 18.8 Å². The van der Waals surface area contributed by atoms with Crippen LogP contribution in [0.25, 0.3) is 55.1 Å². The molecule has 6 heteroatoms. The van der Waals surface area contributed by atoms with Crippen molar-refractivity contribution in [2.45, 2.75) is 78.1 Å². The molecule has 0 saturated carbocycles. The van der Waals surface area contributed by atoms with E-state index in [4.69, 9.17) is 19.4 Å². The van der Waals surface area contributed by atoms with Crippen molar-refractivity contribution in [1.29, 1.82) is 0 Å². The highest BCUT2D eigenvalue weighted by Crippen LogP contribution is 2.39. The van der Waals surface area contributed by atoms with E-state index in [2.05, 4.69) is 66.5 Å². The Bertz CT molecular complexity index is 1850. The lowest BCUT2D eigenvalue weighted by Crippen LogP contribution is -2.04. The minimum atomic E-state index is 0.0607. The van der Waals surface area contributed by atoms with Crippen LogP contribution in [0.1, 0.15) is 78.1 Å². The SMILES string of the molecule is CCCCCCCCCCCCOc1ccc(-c2nc(OCC)nc(-c3ccc4ccc5cccc6ccc3c4c56)n2)c(O)c1. The fourth-order valence-electron chi connectivity index (χ4n) is 6.29. The monoisotopic (exact) mass is 601 g/mol. The minimum absolute atomic E-state index is 0.0607. The first-order valence-corrected chi connectivity index (χ1v) is 16.7. The van der Waals surface area contributed by atoms with Gasteiger partial charge in [0.25, 0.3) is 0 Å². The van der Waals surface area contributed by atoms with Crippen LogP contribution >= 0.6 is 0 Å². The molecule has 0 bridgehead atoms. The van der Waals surface area contributed by atoms with Crippen LogP contribution in [0.3, 0.4) is 0 Å². The molecule has 0 spiro atoms. The predicted molar refractivity (Wildman–Crippen MR) is 185 cm³/mol. The first-order chi connectivity index (χ1) is 22.2. The van der Waals surface area contributed by atoms with Crippen molar-refractivity contribution in [3.8, 4) is 40.3 Å². The van der Waals surface area contributed by atoms with E-state index in [1.165, 1.54) is 78.3 Å². The van der Waals surface area contributed by atoms with E-state index in [1.54, 1.807) is 6.07 Å². The molecule has 1 aromatic heterocycles. The van der Waals surface area contributed by atoms with Crippen LogP contribution in [0.15, 0.2) is 72.8 Å². The molecule has 0 atom stereocenters. The molecule has 0 amide bonds. The van der Waals surface area contributed by atoms with E-state index in [0.717, 1.165) is 23.8 Å². The van der Waals surface area contributed by atoms with Gasteiger partial charge < -0.3 is 14.6 Å². The van der Waals surface area contributed by atoms with Crippen molar-refractivity contribution in [3.05, 3.63) is 72.8 Å². The summed E-state index contributed by atoms with van der Waals surface area (Å²) in [4.78, 5) is 14.1. The number of phenolic OH excluding ortho intramolecular Hbond substituents is 1. The van der Waals surface area contributed by atoms with Gasteiger partial charge in [0.1, 0.15) is 11.5 Å². The number of unbranched alkanes of at least 4 members (excludes halogenated alkanes) is 9. The number of nitrogens with zero attached hydrogens (tertiary/aromatic N) is 3. The van der Waals surface area contributed by atoms with E-state index >= 15 is 0 Å². The Kier molecular flexibility index (Phi) is 9.89. The summed E-state index contributed by atoms with van der Waals surface area (Å²) in [6.07, 6.45) is 12.8. The molecule has 0 aliphatic heterocycles. The number of aromatic nitrogens is 3. The first kappa shape index (κ1) is 30.6. The molecule has 232 valence electrons. The summed E-state index contributed by atoms with van der Waals surface area (Å²) >= 11 is 0. The van der Waals surface area contributed by atoms with E-state index in [1.807, 2.05) is 19.1 Å². The fourth-order valence-corrected chi connectivity index (χ4v) is 6.29. The van der Waals surface area contributed by atoms with E-state index in [-0.39, 0.29) is 11.8 Å². The van der Waals surface area contributed by atoms with Crippen molar-refractivity contribution in [3.63, 3.8) is 0 Å². The molecule has 0 aliphatic carbocycles. The molecule has 0 aliphatic rings. The van der Waals surface area contributed by atoms with E-state index < -0.39 is 0 Å². The zero-order chi connectivity index (χ0) is 31.0. The molecule has 6 nitrogen and oxygen atoms in total. The summed E-state index contributed by atoms with van der Waals surface area (Å²) in [5.41, 5.74) is 1.39. The zero-order valence-corrected chi connectivity index (χ0v) is 26.5. The third kappa shape index (κ3) is 6.95. The van der Waals surface area contributed by atoms with Gasteiger partial charge in [0, 0.05) is 11.6 Å². The van der Waals surface area contributed by atoms with E-state index in [0.29, 0.717) is 36.2 Å². The molecule has 0 saturated heterocycles. The molecule has 6 aromatic rings. The molecule has 1 heterocycles. The largest absolute Gasteiger partial charge is 0.507 e. The molecule has 1 N–H and O–H groups in total. The van der Waals surface area contributed by atoms with Gasteiger partial charge in [0.2, 0.25) is 0 Å². The Hall–Kier alpha value is -4.45. The summed E-state index contributed by atoms with van der Waals surface area (Å²) in [5, 5.41) is 18.1. The van der Waals surface area contributed by atoms with E-state index in [9.17, 15) is 5.11 Å². The van der Waals surface area contributed by atoms with Crippen LogP contribution in [-0.4, -0.2) is 33.3 Å². The topological polar surface area (TPSA) is 77.4 Å². The lowest BCUT2D eigenvalue weighted by atomic mass is 9.92. The molecule has 0 fully saturated rings. The van der Waals surface area contributed by atoms with Crippen molar-refractivity contribution in [1.82, 2.24) is 15.0 Å². The normalized spacial score (nSPS) is 11.6. The average Bonchev–Trinajstić information content (AvgIpc) is 3.06. The maximum atomic E-state index is 11.0. The van der Waals surface area contributed by atoms with Crippen molar-refractivity contribution in [2.24, 2.45) is 0 Å². The number of ether oxygens (including phenoxy) is 2. The third-order valence-corrected chi connectivity index (χ3v) is 8.63. The number of hydrogen-bond acceptors (Lipinski definition) is 6. The molecular weight excluding hydrogens is 558 g/mol. The van der Waals surface area contributed by atoms with Crippen molar-refractivity contribution >= 4 is 32.3 Å². The quantitative estimate of drug-likeness (QED) is 0.0878. The third-order valence-electron chi connectivity index (χ3n) is 8.63. The Morgan fingerprint density at radius 2 is 1.18 bits per heavy atom. The van der Waals surface area contributed by atoms with Gasteiger partial charge in [-0.1, -0.05) is 113 Å². The molecule has 0 unspecified atom stereocenters. The minimum Gasteiger partial charge on any atom is -0.507 e. The second-order valence-electron chi connectivity index (χ2n) is 11.9. The summed E-state index contributed by atoms with van der Waals surface area (Å²) in [6.45, 7) is 5.21. The molecular formula is C39H43N3O3. The number of phenols is 1. The molecule has 0 radical (unpaired) electrons. The first-order valence-electron chi connectivity index (χ1n) is 16.7. The Morgan fingerprint density at radius 3 is 1.87 bits per heavy atom. The van der Waals surface area contributed by atoms with Gasteiger partial charge in [-0.2, -0.15) is 9.97 Å². The van der Waals surface area contributed by atoms with Crippen LogP contribution in [-0.2, 0) is 0 Å². The lowest BCUT2D eigenvalue weighted by Gasteiger charge is -2.14. The van der Waals surface area contributed by atoms with Gasteiger partial charge in [-0.15, -0.1) is 0 Å². The summed E-state index contributed by atoms with van der Waals surface area (Å²) in [6, 6.07) is 24.7. The number of benzene rings is 5. The molecule has 6 rings (SSSR count). The summed E-state index contributed by atoms with van der Waals surface area (Å²) in [5.74, 6) is 1.55. The average molecular weight is 602 g/mol. The van der Waals surface area contributed by atoms with Crippen LogP contribution < -0.4 is 9.47 Å². The fraction of sp³-hybridized carbons (Fsp3) is 0.359.